The van der Waals surface area contributed by atoms with Crippen LogP contribution in [0.4, 0.5) is 0 Å². The zero-order valence-electron chi connectivity index (χ0n) is 36.7. The Labute approximate surface area is 364 Å². The lowest BCUT2D eigenvalue weighted by molar-refractivity contribution is -0.139. The molecule has 2 aliphatic rings. The van der Waals surface area contributed by atoms with Gasteiger partial charge in [0.05, 0.1) is 24.4 Å². The zero-order valence-corrected chi connectivity index (χ0v) is 36.7. The molecule has 4 rings (SSSR count). The van der Waals surface area contributed by atoms with Gasteiger partial charge < -0.3 is 51.5 Å². The molecule has 2 aliphatic heterocycles. The van der Waals surface area contributed by atoms with Gasteiger partial charge in [0.25, 0.3) is 0 Å². The average Bonchev–Trinajstić information content (AvgIpc) is 3.37. The third-order valence-corrected chi connectivity index (χ3v) is 12.8. The molecule has 0 unspecified atom stereocenters. The Kier molecular flexibility index (Phi) is 20.9. The highest BCUT2D eigenvalue weighted by atomic mass is 16.4. The maximum Gasteiger partial charge on any atom is 0.303 e. The van der Waals surface area contributed by atoms with Crippen LogP contribution in [0, 0.1) is 23.7 Å². The van der Waals surface area contributed by atoms with Gasteiger partial charge in [-0.3, -0.25) is 4.79 Å². The Bertz CT molecular complexity index is 1780. The lowest BCUT2D eigenvalue weighted by Gasteiger charge is -2.38. The highest BCUT2D eigenvalue weighted by Gasteiger charge is 2.37. The number of nitrogens with one attached hydrogen (secondary N) is 2. The van der Waals surface area contributed by atoms with Crippen molar-refractivity contribution in [2.45, 2.75) is 165 Å². The van der Waals surface area contributed by atoms with Crippen LogP contribution in [0.15, 0.2) is 65.8 Å². The molecule has 0 spiro atoms. The molecule has 338 valence electrons. The highest BCUT2D eigenvalue weighted by molar-refractivity contribution is 5.67. The van der Waals surface area contributed by atoms with Crippen molar-refractivity contribution in [2.75, 3.05) is 19.8 Å². The van der Waals surface area contributed by atoms with Crippen LogP contribution in [0.3, 0.4) is 0 Å². The Balaban J connectivity index is 1.86. The first kappa shape index (κ1) is 50.1. The number of carboxylic acid groups (broad SMARTS) is 1. The molecule has 11 heteroatoms. The van der Waals surface area contributed by atoms with E-state index in [0.717, 1.165) is 65.5 Å². The first-order chi connectivity index (χ1) is 29.3. The molecule has 2 aromatic carbocycles. The molecule has 9 atom stereocenters. The summed E-state index contributed by atoms with van der Waals surface area (Å²) >= 11 is 0. The molecule has 1 fully saturated rings. The number of carbonyl (C=O) groups is 1. The highest BCUT2D eigenvalue weighted by Crippen LogP contribution is 2.34. The number of aryl methyl sites for hydroxylation is 1. The van der Waals surface area contributed by atoms with Crippen molar-refractivity contribution in [2.24, 2.45) is 11.8 Å². The molecule has 11 nitrogen and oxygen atoms in total. The van der Waals surface area contributed by atoms with Crippen LogP contribution in [-0.2, 0) is 24.1 Å². The van der Waals surface area contributed by atoms with Crippen LogP contribution in [0.25, 0.3) is 0 Å². The van der Waals surface area contributed by atoms with E-state index in [1.165, 1.54) is 0 Å². The number of aliphatic hydroxyl groups excluding tert-OH is 5. The van der Waals surface area contributed by atoms with Crippen LogP contribution in [0.2, 0.25) is 0 Å². The van der Waals surface area contributed by atoms with Crippen molar-refractivity contribution >= 4 is 5.97 Å². The van der Waals surface area contributed by atoms with Crippen molar-refractivity contribution in [1.82, 2.24) is 10.6 Å². The Morgan fingerprint density at radius 1 is 1.00 bits per heavy atom. The molecule has 2 heterocycles. The van der Waals surface area contributed by atoms with Crippen molar-refractivity contribution < 1.29 is 45.6 Å². The predicted molar refractivity (Wildman–Crippen MR) is 240 cm³/mol. The summed E-state index contributed by atoms with van der Waals surface area (Å²) in [7, 11) is 0. The summed E-state index contributed by atoms with van der Waals surface area (Å²) in [6.45, 7) is 5.32. The topological polar surface area (TPSA) is 203 Å². The van der Waals surface area contributed by atoms with E-state index in [4.69, 9.17) is 0 Å². The molecular formula is C50H74N2O9. The normalized spacial score (nSPS) is 24.7. The second kappa shape index (κ2) is 25.5. The molecule has 0 radical (unpaired) electrons. The Hall–Kier alpha value is -3.57. The second-order valence-corrected chi connectivity index (χ2v) is 17.8. The van der Waals surface area contributed by atoms with E-state index in [2.05, 4.69) is 42.4 Å². The van der Waals surface area contributed by atoms with E-state index >= 15 is 0 Å². The molecule has 0 saturated carbocycles. The fraction of sp³-hybridized carbons (Fsp3) is 0.620. The monoisotopic (exact) mass is 847 g/mol. The van der Waals surface area contributed by atoms with Crippen LogP contribution in [-0.4, -0.2) is 109 Å². The number of hydrogen-bond donors (Lipinski definition) is 10. The molecule has 0 aliphatic carbocycles. The lowest BCUT2D eigenvalue weighted by atomic mass is 9.79. The molecule has 2 aromatic rings. The summed E-state index contributed by atoms with van der Waals surface area (Å²) in [5.41, 5.74) is 3.79. The summed E-state index contributed by atoms with van der Waals surface area (Å²) in [6.07, 6.45) is 11.0. The summed E-state index contributed by atoms with van der Waals surface area (Å²) in [5, 5.41) is 93.2. The van der Waals surface area contributed by atoms with Gasteiger partial charge in [0.2, 0.25) is 0 Å². The van der Waals surface area contributed by atoms with Gasteiger partial charge in [-0.1, -0.05) is 80.9 Å². The SMILES string of the molecule is CCCCC[C@H](O)C=CC1=C(C[C@H](O)CO)[C@H](CCC[C@@H]2N[C@@H](C)CC[C@H](CO)[C@@H]2CC(=O)O)N[C@@H]([C@@](C)(O)Cc2ccc(O)cc2CCO)CC#Cc2ccccc2CC1. The summed E-state index contributed by atoms with van der Waals surface area (Å²) < 4.78 is 0. The van der Waals surface area contributed by atoms with E-state index in [1.54, 1.807) is 25.1 Å². The van der Waals surface area contributed by atoms with Crippen LogP contribution in [0.1, 0.15) is 126 Å². The number of benzene rings is 2. The number of fused-ring (bicyclic) bond motifs is 1. The Morgan fingerprint density at radius 2 is 1.79 bits per heavy atom. The number of rotatable bonds is 21. The summed E-state index contributed by atoms with van der Waals surface area (Å²) in [4.78, 5) is 12.1. The molecule has 0 bridgehead atoms. The summed E-state index contributed by atoms with van der Waals surface area (Å²) in [6, 6.07) is 11.9. The predicted octanol–water partition coefficient (Wildman–Crippen LogP) is 5.48. The number of aliphatic carboxylic acids is 1. The number of carboxylic acids is 1. The number of unbranched alkanes of at least 4 members (excludes halogenated alkanes) is 2. The smallest absolute Gasteiger partial charge is 0.303 e. The van der Waals surface area contributed by atoms with Crippen LogP contribution in [0.5, 0.6) is 5.75 Å². The maximum absolute atomic E-state index is 12.6. The first-order valence-corrected chi connectivity index (χ1v) is 22.7. The van der Waals surface area contributed by atoms with Gasteiger partial charge in [-0.15, -0.1) is 0 Å². The van der Waals surface area contributed by atoms with Crippen molar-refractivity contribution in [1.29, 1.82) is 0 Å². The molecule has 0 amide bonds. The fourth-order valence-corrected chi connectivity index (χ4v) is 9.33. The van der Waals surface area contributed by atoms with Crippen molar-refractivity contribution in [3.8, 4) is 17.6 Å². The summed E-state index contributed by atoms with van der Waals surface area (Å²) in [5.74, 6) is 5.52. The van der Waals surface area contributed by atoms with E-state index in [0.29, 0.717) is 44.9 Å². The average molecular weight is 847 g/mol. The first-order valence-electron chi connectivity index (χ1n) is 22.7. The number of allylic oxidation sites excluding steroid dienone is 2. The molecule has 10 N–H and O–H groups in total. The molecule has 61 heavy (non-hydrogen) atoms. The zero-order chi connectivity index (χ0) is 44.4. The fourth-order valence-electron chi connectivity index (χ4n) is 9.33. The number of aliphatic hydroxyl groups is 6. The minimum Gasteiger partial charge on any atom is -0.508 e. The van der Waals surface area contributed by atoms with Crippen LogP contribution >= 0.6 is 0 Å². The van der Waals surface area contributed by atoms with Gasteiger partial charge in [-0.25, -0.2) is 0 Å². The molecular weight excluding hydrogens is 773 g/mol. The van der Waals surface area contributed by atoms with E-state index in [-0.39, 0.29) is 68.6 Å². The number of hydrogen-bond acceptors (Lipinski definition) is 10. The number of phenolic OH excluding ortho intramolecular Hbond substituents is 1. The lowest BCUT2D eigenvalue weighted by Crippen LogP contribution is -2.54. The largest absolute Gasteiger partial charge is 0.508 e. The standard InChI is InChI=1S/C50H74N2O9/c1-4-5-6-14-41(56)24-22-37-21-20-36-12-8-7-11-35(36)13-9-17-48(50(3,61)31-39-23-25-42(57)28-38(39)26-27-53)52-47(44(37)29-43(58)33-55)16-10-15-46-45(30-49(59)60)40(32-54)19-18-34(2)51-46/h7-8,11-12,22-25,28,34,40-41,43,45-48,51-58,61H,4-6,10,14-21,26-27,29-33H2,1-3H3,(H,59,60)/t34-,40+,41-,43-,45-,46-,47-,48+,50-/m0/s1. The third kappa shape index (κ3) is 15.9. The van der Waals surface area contributed by atoms with E-state index in [1.807, 2.05) is 30.4 Å². The number of phenols is 1. The second-order valence-electron chi connectivity index (χ2n) is 17.8. The van der Waals surface area contributed by atoms with Crippen molar-refractivity contribution in [3.05, 3.63) is 88.0 Å². The molecule has 1 saturated heterocycles. The van der Waals surface area contributed by atoms with Gasteiger partial charge in [0.1, 0.15) is 5.75 Å². The van der Waals surface area contributed by atoms with Gasteiger partial charge in [0, 0.05) is 62.2 Å². The number of aromatic hydroxyl groups is 1. The minimum atomic E-state index is -1.41. The Morgan fingerprint density at radius 3 is 2.51 bits per heavy atom. The third-order valence-electron chi connectivity index (χ3n) is 12.8. The van der Waals surface area contributed by atoms with E-state index < -0.39 is 42.5 Å². The minimum absolute atomic E-state index is 0.0543. The van der Waals surface area contributed by atoms with E-state index in [9.17, 15) is 45.6 Å². The van der Waals surface area contributed by atoms with Crippen LogP contribution < -0.4 is 10.6 Å². The van der Waals surface area contributed by atoms with Gasteiger partial charge in [-0.05, 0) is 130 Å². The van der Waals surface area contributed by atoms with Crippen molar-refractivity contribution in [3.63, 3.8) is 0 Å². The van der Waals surface area contributed by atoms with Gasteiger partial charge in [-0.2, -0.15) is 0 Å². The van der Waals surface area contributed by atoms with Gasteiger partial charge in [0.15, 0.2) is 0 Å². The quantitative estimate of drug-likeness (QED) is 0.0563. The van der Waals surface area contributed by atoms with Gasteiger partial charge >= 0.3 is 5.97 Å². The maximum atomic E-state index is 12.6. The molecule has 0 aromatic heterocycles.